The van der Waals surface area contributed by atoms with Gasteiger partial charge in [-0.2, -0.15) is 0 Å². The van der Waals surface area contributed by atoms with Crippen molar-refractivity contribution < 1.29 is 14.4 Å². The first-order valence-electron chi connectivity index (χ1n) is 11.7. The summed E-state index contributed by atoms with van der Waals surface area (Å²) in [5.74, 6) is -0.305. The van der Waals surface area contributed by atoms with Crippen LogP contribution >= 0.6 is 0 Å². The predicted octanol–water partition coefficient (Wildman–Crippen LogP) is 2.66. The number of nitrogens with one attached hydrogen (secondary N) is 2. The van der Waals surface area contributed by atoms with Crippen LogP contribution in [0.2, 0.25) is 0 Å². The molecule has 0 aliphatic carbocycles. The van der Waals surface area contributed by atoms with E-state index in [2.05, 4.69) is 32.7 Å². The third kappa shape index (κ3) is 5.95. The number of hydrogen-bond donors (Lipinski definition) is 2. The van der Waals surface area contributed by atoms with Crippen molar-refractivity contribution in [3.05, 3.63) is 72.1 Å². The average Bonchev–Trinajstić information content (AvgIpc) is 2.87. The summed E-state index contributed by atoms with van der Waals surface area (Å²) in [6.45, 7) is 1.20. The quantitative estimate of drug-likeness (QED) is 0.613. The van der Waals surface area contributed by atoms with Crippen molar-refractivity contribution >= 4 is 28.8 Å². The standard InChI is InChI=1S/C26H29N5O3/c32-23-11-10-20(19-6-2-1-3-7-19)12-14-29-24(33)18-31(17-5-13-28-23)26(34)21-8-4-9-22-25(21)30-16-15-27-22/h1-4,6-9,15-16,20H,5,10-14,17-18H2,(H,28,32)(H,29,33). The number of fused-ring (bicyclic) bond motifs is 1. The fourth-order valence-corrected chi connectivity index (χ4v) is 4.30. The van der Waals surface area contributed by atoms with Crippen LogP contribution in [-0.4, -0.2) is 58.8 Å². The van der Waals surface area contributed by atoms with Gasteiger partial charge in [0.25, 0.3) is 5.91 Å². The molecule has 34 heavy (non-hydrogen) atoms. The lowest BCUT2D eigenvalue weighted by molar-refractivity contribution is -0.123. The van der Waals surface area contributed by atoms with E-state index in [4.69, 9.17) is 0 Å². The summed E-state index contributed by atoms with van der Waals surface area (Å²) in [6, 6.07) is 15.3. The molecule has 1 saturated heterocycles. The molecule has 176 valence electrons. The normalized spacial score (nSPS) is 18.6. The van der Waals surface area contributed by atoms with Gasteiger partial charge in [-0.1, -0.05) is 36.4 Å². The van der Waals surface area contributed by atoms with Gasteiger partial charge in [-0.15, -0.1) is 0 Å². The van der Waals surface area contributed by atoms with Gasteiger partial charge in [-0.25, -0.2) is 0 Å². The van der Waals surface area contributed by atoms with Gasteiger partial charge >= 0.3 is 0 Å². The van der Waals surface area contributed by atoms with E-state index in [-0.39, 0.29) is 30.2 Å². The van der Waals surface area contributed by atoms with Crippen molar-refractivity contribution in [1.82, 2.24) is 25.5 Å². The van der Waals surface area contributed by atoms with Gasteiger partial charge in [-0.05, 0) is 42.9 Å². The number of carbonyl (C=O) groups excluding carboxylic acids is 3. The van der Waals surface area contributed by atoms with E-state index in [0.717, 1.165) is 18.4 Å². The average molecular weight is 460 g/mol. The Bertz CT molecular complexity index is 1150. The van der Waals surface area contributed by atoms with Crippen molar-refractivity contribution in [1.29, 1.82) is 0 Å². The number of para-hydroxylation sites is 1. The molecule has 3 aromatic rings. The van der Waals surface area contributed by atoms with Crippen LogP contribution in [-0.2, 0) is 9.59 Å². The molecule has 1 atom stereocenters. The summed E-state index contributed by atoms with van der Waals surface area (Å²) in [5.41, 5.74) is 2.70. The van der Waals surface area contributed by atoms with E-state index in [1.165, 1.54) is 4.90 Å². The fraction of sp³-hybridized carbons (Fsp3) is 0.346. The first-order valence-corrected chi connectivity index (χ1v) is 11.7. The van der Waals surface area contributed by atoms with Crippen molar-refractivity contribution in [2.24, 2.45) is 0 Å². The second-order valence-corrected chi connectivity index (χ2v) is 8.44. The van der Waals surface area contributed by atoms with E-state index in [9.17, 15) is 14.4 Å². The molecule has 8 nitrogen and oxygen atoms in total. The first-order chi connectivity index (χ1) is 16.6. The minimum absolute atomic E-state index is 0.00392. The first kappa shape index (κ1) is 23.4. The fourth-order valence-electron chi connectivity index (χ4n) is 4.30. The van der Waals surface area contributed by atoms with Crippen molar-refractivity contribution in [2.75, 3.05) is 26.2 Å². The molecule has 4 rings (SSSR count). The van der Waals surface area contributed by atoms with E-state index >= 15 is 0 Å². The van der Waals surface area contributed by atoms with Crippen LogP contribution in [0.15, 0.2) is 60.9 Å². The summed E-state index contributed by atoms with van der Waals surface area (Å²) in [5, 5.41) is 5.91. The molecule has 0 radical (unpaired) electrons. The van der Waals surface area contributed by atoms with Gasteiger partial charge in [0.15, 0.2) is 0 Å². The zero-order chi connectivity index (χ0) is 23.8. The monoisotopic (exact) mass is 459 g/mol. The van der Waals surface area contributed by atoms with E-state index in [1.54, 1.807) is 30.6 Å². The van der Waals surface area contributed by atoms with Crippen LogP contribution in [0.4, 0.5) is 0 Å². The van der Waals surface area contributed by atoms with Gasteiger partial charge in [0.05, 0.1) is 17.6 Å². The highest BCUT2D eigenvalue weighted by Gasteiger charge is 2.22. The van der Waals surface area contributed by atoms with Crippen molar-refractivity contribution in [3.63, 3.8) is 0 Å². The van der Waals surface area contributed by atoms with Crippen LogP contribution in [0.25, 0.3) is 11.0 Å². The Labute approximate surface area is 198 Å². The van der Waals surface area contributed by atoms with E-state index in [0.29, 0.717) is 49.1 Å². The number of amides is 3. The molecule has 1 aliphatic heterocycles. The van der Waals surface area contributed by atoms with Gasteiger partial charge < -0.3 is 15.5 Å². The number of aromatic nitrogens is 2. The molecular weight excluding hydrogens is 430 g/mol. The zero-order valence-corrected chi connectivity index (χ0v) is 19.1. The molecule has 1 fully saturated rings. The molecule has 2 N–H and O–H groups in total. The van der Waals surface area contributed by atoms with Crippen LogP contribution < -0.4 is 10.6 Å². The summed E-state index contributed by atoms with van der Waals surface area (Å²) in [4.78, 5) is 48.6. The molecule has 1 aromatic heterocycles. The summed E-state index contributed by atoms with van der Waals surface area (Å²) < 4.78 is 0. The maximum atomic E-state index is 13.4. The Morgan fingerprint density at radius 1 is 0.882 bits per heavy atom. The number of carbonyl (C=O) groups is 3. The molecule has 0 bridgehead atoms. The predicted molar refractivity (Wildman–Crippen MR) is 129 cm³/mol. The molecule has 1 aliphatic rings. The second-order valence-electron chi connectivity index (χ2n) is 8.44. The molecule has 1 unspecified atom stereocenters. The number of benzene rings is 2. The van der Waals surface area contributed by atoms with Crippen molar-refractivity contribution in [3.8, 4) is 0 Å². The van der Waals surface area contributed by atoms with Gasteiger partial charge in [0.2, 0.25) is 11.8 Å². The minimum atomic E-state index is -0.276. The molecular formula is C26H29N5O3. The second kappa shape index (κ2) is 11.4. The highest BCUT2D eigenvalue weighted by molar-refractivity contribution is 6.05. The third-order valence-electron chi connectivity index (χ3n) is 6.08. The lowest BCUT2D eigenvalue weighted by Crippen LogP contribution is -2.42. The highest BCUT2D eigenvalue weighted by atomic mass is 16.2. The molecule has 0 saturated carbocycles. The zero-order valence-electron chi connectivity index (χ0n) is 19.1. The van der Waals surface area contributed by atoms with Crippen LogP contribution in [0, 0.1) is 0 Å². The molecule has 0 spiro atoms. The lowest BCUT2D eigenvalue weighted by Gasteiger charge is -2.24. The summed E-state index contributed by atoms with van der Waals surface area (Å²) in [7, 11) is 0. The maximum absolute atomic E-state index is 13.4. The Balaban J connectivity index is 1.50. The number of rotatable bonds is 2. The molecule has 2 heterocycles. The Kier molecular flexibility index (Phi) is 7.80. The Morgan fingerprint density at radius 3 is 2.53 bits per heavy atom. The summed E-state index contributed by atoms with van der Waals surface area (Å²) >= 11 is 0. The van der Waals surface area contributed by atoms with Crippen molar-refractivity contribution in [2.45, 2.75) is 31.6 Å². The van der Waals surface area contributed by atoms with Crippen LogP contribution in [0.5, 0.6) is 0 Å². The van der Waals surface area contributed by atoms with Gasteiger partial charge in [0, 0.05) is 38.4 Å². The van der Waals surface area contributed by atoms with Crippen LogP contribution in [0.1, 0.15) is 47.5 Å². The largest absolute Gasteiger partial charge is 0.356 e. The topological polar surface area (TPSA) is 104 Å². The number of hydrogen-bond acceptors (Lipinski definition) is 5. The SMILES string of the molecule is O=C1CCC(c2ccccc2)CCNC(=O)CN(C(=O)c2cccc3nccnc23)CCCN1. The summed E-state index contributed by atoms with van der Waals surface area (Å²) in [6.07, 6.45) is 5.53. The Hall–Kier alpha value is -3.81. The van der Waals surface area contributed by atoms with Gasteiger partial charge in [0.1, 0.15) is 5.52 Å². The molecule has 3 amide bonds. The van der Waals surface area contributed by atoms with E-state index < -0.39 is 0 Å². The molecule has 8 heteroatoms. The third-order valence-corrected chi connectivity index (χ3v) is 6.08. The molecule has 2 aromatic carbocycles. The van der Waals surface area contributed by atoms with Crippen LogP contribution in [0.3, 0.4) is 0 Å². The highest BCUT2D eigenvalue weighted by Crippen LogP contribution is 2.24. The van der Waals surface area contributed by atoms with E-state index in [1.807, 2.05) is 18.2 Å². The Morgan fingerprint density at radius 2 is 1.68 bits per heavy atom. The minimum Gasteiger partial charge on any atom is -0.356 e. The number of nitrogens with zero attached hydrogens (tertiary/aromatic N) is 3. The van der Waals surface area contributed by atoms with Gasteiger partial charge in [-0.3, -0.25) is 24.4 Å². The maximum Gasteiger partial charge on any atom is 0.256 e. The smallest absolute Gasteiger partial charge is 0.256 e. The lowest BCUT2D eigenvalue weighted by atomic mass is 9.91.